The Morgan fingerprint density at radius 2 is 1.76 bits per heavy atom. The van der Waals surface area contributed by atoms with Crippen molar-refractivity contribution in [2.45, 2.75) is 24.7 Å². The Bertz CT molecular complexity index is 965. The van der Waals surface area contributed by atoms with E-state index in [-0.39, 0.29) is 11.7 Å². The molecule has 1 fully saturated rings. The lowest BCUT2D eigenvalue weighted by Crippen LogP contribution is -2.51. The van der Waals surface area contributed by atoms with Crippen molar-refractivity contribution in [3.8, 4) is 0 Å². The van der Waals surface area contributed by atoms with E-state index in [2.05, 4.69) is 17.0 Å². The first-order chi connectivity index (χ1) is 13.7. The fourth-order valence-electron chi connectivity index (χ4n) is 3.08. The fourth-order valence-corrected chi connectivity index (χ4v) is 3.54. The number of nitrogens with two attached hydrogens (primary N) is 1. The van der Waals surface area contributed by atoms with Gasteiger partial charge in [0.1, 0.15) is 0 Å². The molecule has 1 aromatic heterocycles. The van der Waals surface area contributed by atoms with Gasteiger partial charge in [0, 0.05) is 32.7 Å². The summed E-state index contributed by atoms with van der Waals surface area (Å²) in [7, 11) is -4.06. The van der Waals surface area contributed by atoms with Crippen molar-refractivity contribution < 1.29 is 27.2 Å². The standard InChI is InChI=1S/C19H23N3O6S/c1-14(27-19(24)16-7-8-17(28-16)29(20,25)26)18(23)22-11-9-21(10-12-22)13-15-5-3-2-4-6-15/h2-8,14H,9-13H2,1H3,(H2,20,25,26). The number of benzene rings is 1. The SMILES string of the molecule is CC(OC(=O)c1ccc(S(N)(=O)=O)o1)C(=O)N1CCN(Cc2ccccc2)CC1. The summed E-state index contributed by atoms with van der Waals surface area (Å²) in [5, 5.41) is 4.40. The summed E-state index contributed by atoms with van der Waals surface area (Å²) in [6.07, 6.45) is -1.02. The van der Waals surface area contributed by atoms with Gasteiger partial charge in [-0.25, -0.2) is 18.4 Å². The van der Waals surface area contributed by atoms with Crippen LogP contribution in [0.5, 0.6) is 0 Å². The summed E-state index contributed by atoms with van der Waals surface area (Å²) in [4.78, 5) is 28.6. The van der Waals surface area contributed by atoms with Crippen molar-refractivity contribution in [1.29, 1.82) is 0 Å². The quantitative estimate of drug-likeness (QED) is 0.685. The second-order valence-corrected chi connectivity index (χ2v) is 8.29. The molecule has 156 valence electrons. The van der Waals surface area contributed by atoms with Crippen molar-refractivity contribution in [3.05, 3.63) is 53.8 Å². The number of hydrogen-bond donors (Lipinski definition) is 1. The maximum absolute atomic E-state index is 12.6. The van der Waals surface area contributed by atoms with Crippen molar-refractivity contribution in [1.82, 2.24) is 9.80 Å². The molecule has 0 aliphatic carbocycles. The predicted octanol–water partition coefficient (Wildman–Crippen LogP) is 0.817. The molecule has 2 aromatic rings. The molecular weight excluding hydrogens is 398 g/mol. The maximum atomic E-state index is 12.6. The van der Waals surface area contributed by atoms with Crippen LogP contribution in [0.25, 0.3) is 0 Å². The van der Waals surface area contributed by atoms with Gasteiger partial charge in [-0.1, -0.05) is 30.3 Å². The van der Waals surface area contributed by atoms with Gasteiger partial charge in [-0.3, -0.25) is 9.69 Å². The first kappa shape index (κ1) is 21.0. The molecule has 3 rings (SSSR count). The van der Waals surface area contributed by atoms with Gasteiger partial charge in [0.2, 0.25) is 10.9 Å². The zero-order chi connectivity index (χ0) is 21.0. The van der Waals surface area contributed by atoms with Crippen LogP contribution in [0.1, 0.15) is 23.0 Å². The molecule has 1 aromatic carbocycles. The summed E-state index contributed by atoms with van der Waals surface area (Å²) < 4.78 is 32.4. The van der Waals surface area contributed by atoms with Crippen molar-refractivity contribution in [3.63, 3.8) is 0 Å². The zero-order valence-electron chi connectivity index (χ0n) is 16.0. The summed E-state index contributed by atoms with van der Waals surface area (Å²) in [6.45, 7) is 4.79. The normalized spacial score (nSPS) is 16.4. The highest BCUT2D eigenvalue weighted by molar-refractivity contribution is 7.89. The lowest BCUT2D eigenvalue weighted by Gasteiger charge is -2.35. The van der Waals surface area contributed by atoms with Crippen LogP contribution >= 0.6 is 0 Å². The molecule has 1 unspecified atom stereocenters. The lowest BCUT2D eigenvalue weighted by atomic mass is 10.2. The van der Waals surface area contributed by atoms with Crippen LogP contribution in [-0.2, 0) is 26.1 Å². The average molecular weight is 421 g/mol. The Morgan fingerprint density at radius 1 is 1.10 bits per heavy atom. The maximum Gasteiger partial charge on any atom is 0.375 e. The molecule has 0 radical (unpaired) electrons. The summed E-state index contributed by atoms with van der Waals surface area (Å²) in [6, 6.07) is 12.3. The number of rotatable bonds is 6. The minimum absolute atomic E-state index is 0.309. The van der Waals surface area contributed by atoms with Crippen molar-refractivity contribution >= 4 is 21.9 Å². The Labute approximate surface area is 169 Å². The molecule has 1 amide bonds. The number of primary sulfonamides is 1. The average Bonchev–Trinajstić information content (AvgIpc) is 3.20. The number of hydrogen-bond acceptors (Lipinski definition) is 7. The molecule has 1 aliphatic rings. The van der Waals surface area contributed by atoms with Gasteiger partial charge < -0.3 is 14.1 Å². The molecule has 1 atom stereocenters. The van der Waals surface area contributed by atoms with E-state index in [4.69, 9.17) is 14.3 Å². The van der Waals surface area contributed by atoms with Crippen LogP contribution in [0.15, 0.2) is 52.0 Å². The van der Waals surface area contributed by atoms with Crippen LogP contribution in [0, 0.1) is 0 Å². The minimum atomic E-state index is -4.06. The fraction of sp³-hybridized carbons (Fsp3) is 0.368. The van der Waals surface area contributed by atoms with E-state index in [9.17, 15) is 18.0 Å². The summed E-state index contributed by atoms with van der Waals surface area (Å²) in [5.41, 5.74) is 1.21. The molecular formula is C19H23N3O6S. The minimum Gasteiger partial charge on any atom is -0.447 e. The number of furan rings is 1. The Kier molecular flexibility index (Phi) is 6.36. The smallest absolute Gasteiger partial charge is 0.375 e. The van der Waals surface area contributed by atoms with E-state index < -0.39 is 27.2 Å². The summed E-state index contributed by atoms with van der Waals surface area (Å²) >= 11 is 0. The molecule has 0 bridgehead atoms. The third-order valence-electron chi connectivity index (χ3n) is 4.63. The molecule has 10 heteroatoms. The van der Waals surface area contributed by atoms with E-state index in [1.54, 1.807) is 4.90 Å². The van der Waals surface area contributed by atoms with Crippen LogP contribution in [0.2, 0.25) is 0 Å². The largest absolute Gasteiger partial charge is 0.447 e. The Hall–Kier alpha value is -2.69. The van der Waals surface area contributed by atoms with Crippen LogP contribution < -0.4 is 5.14 Å². The van der Waals surface area contributed by atoms with E-state index >= 15 is 0 Å². The predicted molar refractivity (Wildman–Crippen MR) is 103 cm³/mol. The highest BCUT2D eigenvalue weighted by atomic mass is 32.2. The number of esters is 1. The second kappa shape index (κ2) is 8.76. The van der Waals surface area contributed by atoms with E-state index in [0.717, 1.165) is 31.8 Å². The van der Waals surface area contributed by atoms with Crippen LogP contribution in [0.4, 0.5) is 0 Å². The Morgan fingerprint density at radius 3 is 2.34 bits per heavy atom. The molecule has 0 spiro atoms. The number of nitrogens with zero attached hydrogens (tertiary/aromatic N) is 2. The van der Waals surface area contributed by atoms with Gasteiger partial charge in [-0.15, -0.1) is 0 Å². The van der Waals surface area contributed by atoms with Gasteiger partial charge >= 0.3 is 5.97 Å². The zero-order valence-corrected chi connectivity index (χ0v) is 16.8. The molecule has 2 N–H and O–H groups in total. The molecule has 1 saturated heterocycles. The highest BCUT2D eigenvalue weighted by Crippen LogP contribution is 2.15. The Balaban J connectivity index is 1.50. The van der Waals surface area contributed by atoms with E-state index in [1.165, 1.54) is 12.5 Å². The van der Waals surface area contributed by atoms with Crippen molar-refractivity contribution in [2.75, 3.05) is 26.2 Å². The second-order valence-electron chi connectivity index (χ2n) is 6.80. The number of amides is 1. The van der Waals surface area contributed by atoms with Crippen LogP contribution in [0.3, 0.4) is 0 Å². The monoisotopic (exact) mass is 421 g/mol. The molecule has 0 saturated carbocycles. The van der Waals surface area contributed by atoms with Crippen molar-refractivity contribution in [2.24, 2.45) is 5.14 Å². The topological polar surface area (TPSA) is 123 Å². The van der Waals surface area contributed by atoms with E-state index in [0.29, 0.717) is 13.1 Å². The number of piperazine rings is 1. The van der Waals surface area contributed by atoms with Gasteiger partial charge in [0.15, 0.2) is 6.10 Å². The number of carbonyl (C=O) groups excluding carboxylic acids is 2. The molecule has 2 heterocycles. The first-order valence-electron chi connectivity index (χ1n) is 9.13. The van der Waals surface area contributed by atoms with E-state index in [1.807, 2.05) is 18.2 Å². The first-order valence-corrected chi connectivity index (χ1v) is 10.7. The highest BCUT2D eigenvalue weighted by Gasteiger charge is 2.28. The van der Waals surface area contributed by atoms with Gasteiger partial charge in [0.05, 0.1) is 0 Å². The lowest BCUT2D eigenvalue weighted by molar-refractivity contribution is -0.141. The van der Waals surface area contributed by atoms with Gasteiger partial charge in [-0.05, 0) is 24.6 Å². The van der Waals surface area contributed by atoms with Gasteiger partial charge in [-0.2, -0.15) is 0 Å². The molecule has 1 aliphatic heterocycles. The number of sulfonamides is 1. The molecule has 29 heavy (non-hydrogen) atoms. The summed E-state index contributed by atoms with van der Waals surface area (Å²) in [5.74, 6) is -1.57. The van der Waals surface area contributed by atoms with Gasteiger partial charge in [0.25, 0.3) is 15.9 Å². The van der Waals surface area contributed by atoms with Crippen LogP contribution in [-0.4, -0.2) is 62.4 Å². The molecule has 9 nitrogen and oxygen atoms in total. The third kappa shape index (κ3) is 5.43. The number of carbonyl (C=O) groups is 2. The number of ether oxygens (including phenoxy) is 1. The third-order valence-corrected chi connectivity index (χ3v) is 5.41.